The third-order valence-corrected chi connectivity index (χ3v) is 4.09. The second-order valence-corrected chi connectivity index (χ2v) is 5.87. The fourth-order valence-electron chi connectivity index (χ4n) is 1.97. The quantitative estimate of drug-likeness (QED) is 0.632. The smallest absolute Gasteiger partial charge is 0.277 e. The number of aryl methyl sites for hydroxylation is 2. The molecular weight excluding hydrogens is 354 g/mol. The number of nitrogens with one attached hydrogen (secondary N) is 1. The van der Waals surface area contributed by atoms with Crippen molar-refractivity contribution < 1.29 is 13.9 Å². The minimum absolute atomic E-state index is 0.101. The van der Waals surface area contributed by atoms with Crippen LogP contribution < -0.4 is 10.2 Å². The number of hydrogen-bond acceptors (Lipinski definition) is 3. The van der Waals surface area contributed by atoms with Crippen LogP contribution in [-0.2, 0) is 4.79 Å². The molecule has 1 N–H and O–H groups in total. The van der Waals surface area contributed by atoms with Gasteiger partial charge in [-0.3, -0.25) is 4.79 Å². The minimum atomic E-state index is -0.524. The molecule has 0 aliphatic carbocycles. The third-order valence-electron chi connectivity index (χ3n) is 3.16. The van der Waals surface area contributed by atoms with Gasteiger partial charge in [-0.1, -0.05) is 29.3 Å². The molecular formula is C17H15Cl2FN2O2. The maximum absolute atomic E-state index is 13.5. The lowest BCUT2D eigenvalue weighted by molar-refractivity contribution is -0.123. The van der Waals surface area contributed by atoms with E-state index in [-0.39, 0.29) is 17.2 Å². The first kappa shape index (κ1) is 18.2. The largest absolute Gasteiger partial charge is 0.484 e. The van der Waals surface area contributed by atoms with Gasteiger partial charge in [-0.15, -0.1) is 0 Å². The van der Waals surface area contributed by atoms with Gasteiger partial charge < -0.3 is 4.74 Å². The minimum Gasteiger partial charge on any atom is -0.484 e. The van der Waals surface area contributed by atoms with Crippen molar-refractivity contribution in [1.29, 1.82) is 0 Å². The molecule has 0 saturated heterocycles. The molecule has 0 atom stereocenters. The van der Waals surface area contributed by atoms with Crippen molar-refractivity contribution in [3.63, 3.8) is 0 Å². The summed E-state index contributed by atoms with van der Waals surface area (Å²) < 4.78 is 18.9. The number of carbonyl (C=O) groups excluding carboxylic acids is 1. The molecule has 126 valence electrons. The Morgan fingerprint density at radius 2 is 1.96 bits per heavy atom. The monoisotopic (exact) mass is 368 g/mol. The Labute approximate surface area is 149 Å². The highest BCUT2D eigenvalue weighted by atomic mass is 35.5. The molecule has 0 spiro atoms. The van der Waals surface area contributed by atoms with E-state index in [2.05, 4.69) is 10.5 Å². The van der Waals surface area contributed by atoms with E-state index in [0.29, 0.717) is 10.8 Å². The van der Waals surface area contributed by atoms with E-state index in [1.54, 1.807) is 12.1 Å². The summed E-state index contributed by atoms with van der Waals surface area (Å²) in [6, 6.07) is 7.75. The van der Waals surface area contributed by atoms with Crippen molar-refractivity contribution >= 4 is 35.3 Å². The van der Waals surface area contributed by atoms with Crippen LogP contribution >= 0.6 is 23.2 Å². The number of amides is 1. The standard InChI is InChI=1S/C17H15Cl2FN2O2/c1-10-6-12(7-11(2)17(10)19)24-9-16(23)22-21-8-13-14(18)4-3-5-15(13)20/h3-8H,9H2,1-2H3,(H,22,23)/b21-8+. The molecule has 2 aromatic carbocycles. The maximum atomic E-state index is 13.5. The molecule has 7 heteroatoms. The van der Waals surface area contributed by atoms with Crippen molar-refractivity contribution in [3.8, 4) is 5.75 Å². The van der Waals surface area contributed by atoms with Crippen LogP contribution in [0.15, 0.2) is 35.4 Å². The first-order valence-electron chi connectivity index (χ1n) is 7.04. The first-order chi connectivity index (χ1) is 11.4. The predicted molar refractivity (Wildman–Crippen MR) is 93.6 cm³/mol. The van der Waals surface area contributed by atoms with Crippen LogP contribution in [0.25, 0.3) is 0 Å². The van der Waals surface area contributed by atoms with E-state index >= 15 is 0 Å². The summed E-state index contributed by atoms with van der Waals surface area (Å²) in [5.41, 5.74) is 4.07. The third kappa shape index (κ3) is 4.69. The first-order valence-corrected chi connectivity index (χ1v) is 7.79. The van der Waals surface area contributed by atoms with E-state index < -0.39 is 11.7 Å². The van der Waals surface area contributed by atoms with Gasteiger partial charge >= 0.3 is 0 Å². The summed E-state index contributed by atoms with van der Waals surface area (Å²) in [5, 5.41) is 4.54. The zero-order valence-corrected chi connectivity index (χ0v) is 14.6. The number of hydrazone groups is 1. The molecule has 0 saturated carbocycles. The molecule has 0 aliphatic rings. The highest BCUT2D eigenvalue weighted by Crippen LogP contribution is 2.25. The summed E-state index contributed by atoms with van der Waals surface area (Å²) in [5.74, 6) is -0.474. The van der Waals surface area contributed by atoms with Crippen LogP contribution in [0.5, 0.6) is 5.75 Å². The predicted octanol–water partition coefficient (Wildman–Crippen LogP) is 4.28. The second-order valence-electron chi connectivity index (χ2n) is 5.09. The summed E-state index contributed by atoms with van der Waals surface area (Å²) >= 11 is 11.9. The lowest BCUT2D eigenvalue weighted by Gasteiger charge is -2.09. The van der Waals surface area contributed by atoms with Crippen LogP contribution in [0, 0.1) is 19.7 Å². The van der Waals surface area contributed by atoms with Gasteiger partial charge in [0.2, 0.25) is 0 Å². The zero-order valence-electron chi connectivity index (χ0n) is 13.1. The average Bonchev–Trinajstić information content (AvgIpc) is 2.53. The molecule has 0 unspecified atom stereocenters. The van der Waals surface area contributed by atoms with Gasteiger partial charge in [0.05, 0.1) is 11.2 Å². The number of nitrogens with zero attached hydrogens (tertiary/aromatic N) is 1. The molecule has 2 aromatic rings. The van der Waals surface area contributed by atoms with Gasteiger partial charge in [0.25, 0.3) is 5.91 Å². The second kappa shape index (κ2) is 8.13. The fourth-order valence-corrected chi connectivity index (χ4v) is 2.29. The molecule has 0 heterocycles. The summed E-state index contributed by atoms with van der Waals surface area (Å²) in [4.78, 5) is 11.7. The van der Waals surface area contributed by atoms with Gasteiger partial charge in [0, 0.05) is 10.6 Å². The molecule has 24 heavy (non-hydrogen) atoms. The Morgan fingerprint density at radius 1 is 1.29 bits per heavy atom. The van der Waals surface area contributed by atoms with Gasteiger partial charge in [-0.25, -0.2) is 9.82 Å². The summed E-state index contributed by atoms with van der Waals surface area (Å²) in [7, 11) is 0. The molecule has 0 bridgehead atoms. The van der Waals surface area contributed by atoms with Crippen LogP contribution in [0.3, 0.4) is 0 Å². The van der Waals surface area contributed by atoms with Crippen molar-refractivity contribution in [3.05, 3.63) is 62.9 Å². The Morgan fingerprint density at radius 3 is 2.58 bits per heavy atom. The molecule has 4 nitrogen and oxygen atoms in total. The number of carbonyl (C=O) groups is 1. The summed E-state index contributed by atoms with van der Waals surface area (Å²) in [6.07, 6.45) is 1.14. The van der Waals surface area contributed by atoms with Gasteiger partial charge in [0.1, 0.15) is 11.6 Å². The van der Waals surface area contributed by atoms with Gasteiger partial charge in [-0.2, -0.15) is 5.10 Å². The fraction of sp³-hybridized carbons (Fsp3) is 0.176. The normalized spacial score (nSPS) is 10.9. The van der Waals surface area contributed by atoms with Crippen LogP contribution in [0.4, 0.5) is 4.39 Å². The number of ether oxygens (including phenoxy) is 1. The summed E-state index contributed by atoms with van der Waals surface area (Å²) in [6.45, 7) is 3.47. The lowest BCUT2D eigenvalue weighted by Crippen LogP contribution is -2.24. The van der Waals surface area contributed by atoms with Crippen LogP contribution in [-0.4, -0.2) is 18.7 Å². The zero-order chi connectivity index (χ0) is 17.7. The average molecular weight is 369 g/mol. The molecule has 0 aromatic heterocycles. The van der Waals surface area contributed by atoms with Crippen molar-refractivity contribution in [2.24, 2.45) is 5.10 Å². The SMILES string of the molecule is Cc1cc(OCC(=O)N/N=C/c2c(F)cccc2Cl)cc(C)c1Cl. The Balaban J connectivity index is 1.91. The molecule has 0 fully saturated rings. The van der Waals surface area contributed by atoms with Gasteiger partial charge in [-0.05, 0) is 49.2 Å². The van der Waals surface area contributed by atoms with Crippen molar-refractivity contribution in [1.82, 2.24) is 5.43 Å². The molecule has 0 radical (unpaired) electrons. The topological polar surface area (TPSA) is 50.7 Å². The molecule has 0 aliphatic heterocycles. The highest BCUT2D eigenvalue weighted by Gasteiger charge is 2.07. The molecule has 1 amide bonds. The van der Waals surface area contributed by atoms with Crippen molar-refractivity contribution in [2.75, 3.05) is 6.61 Å². The maximum Gasteiger partial charge on any atom is 0.277 e. The Bertz CT molecular complexity index is 751. The molecule has 2 rings (SSSR count). The van der Waals surface area contributed by atoms with E-state index in [0.717, 1.165) is 17.3 Å². The Kier molecular flexibility index (Phi) is 6.17. The van der Waals surface area contributed by atoms with Crippen molar-refractivity contribution in [2.45, 2.75) is 13.8 Å². The Hall–Kier alpha value is -2.11. The van der Waals surface area contributed by atoms with E-state index in [4.69, 9.17) is 27.9 Å². The number of rotatable bonds is 5. The number of hydrogen-bond donors (Lipinski definition) is 1. The van der Waals surface area contributed by atoms with Crippen LogP contribution in [0.2, 0.25) is 10.0 Å². The number of halogens is 3. The van der Waals surface area contributed by atoms with E-state index in [1.165, 1.54) is 18.2 Å². The highest BCUT2D eigenvalue weighted by molar-refractivity contribution is 6.33. The van der Waals surface area contributed by atoms with Gasteiger partial charge in [0.15, 0.2) is 6.61 Å². The van der Waals surface area contributed by atoms with E-state index in [9.17, 15) is 9.18 Å². The van der Waals surface area contributed by atoms with E-state index in [1.807, 2.05) is 13.8 Å². The lowest BCUT2D eigenvalue weighted by atomic mass is 10.1. The van der Waals surface area contributed by atoms with Crippen LogP contribution in [0.1, 0.15) is 16.7 Å². The number of benzene rings is 2.